The quantitative estimate of drug-likeness (QED) is 0.795. The van der Waals surface area contributed by atoms with Crippen LogP contribution < -0.4 is 5.32 Å². The number of hydrogen-bond donors (Lipinski definition) is 2. The molecule has 4 nitrogen and oxygen atoms in total. The van der Waals surface area contributed by atoms with Crippen molar-refractivity contribution in [3.8, 4) is 0 Å². The summed E-state index contributed by atoms with van der Waals surface area (Å²) in [5.41, 5.74) is 2.05. The molecule has 0 fully saturated rings. The van der Waals surface area contributed by atoms with Gasteiger partial charge in [-0.05, 0) is 19.1 Å². The van der Waals surface area contributed by atoms with E-state index < -0.39 is 0 Å². The number of nitrogens with one attached hydrogen (secondary N) is 1. The summed E-state index contributed by atoms with van der Waals surface area (Å²) in [5, 5.41) is 12.1. The zero-order valence-electron chi connectivity index (χ0n) is 8.94. The third-order valence-electron chi connectivity index (χ3n) is 2.44. The lowest BCUT2D eigenvalue weighted by molar-refractivity contribution is 0.281. The Morgan fingerprint density at radius 2 is 2.20 bits per heavy atom. The van der Waals surface area contributed by atoms with Crippen LogP contribution in [0.5, 0.6) is 0 Å². The van der Waals surface area contributed by atoms with Crippen LogP contribution in [0.4, 0.5) is 5.95 Å². The number of anilines is 1. The predicted octanol–water partition coefficient (Wildman–Crippen LogP) is 1.37. The topological polar surface area (TPSA) is 50.1 Å². The van der Waals surface area contributed by atoms with Crippen molar-refractivity contribution in [3.63, 3.8) is 0 Å². The molecule has 0 radical (unpaired) electrons. The first-order chi connectivity index (χ1) is 7.22. The smallest absolute Gasteiger partial charge is 0.203 e. The van der Waals surface area contributed by atoms with E-state index in [0.29, 0.717) is 0 Å². The zero-order chi connectivity index (χ0) is 10.8. The standard InChI is InChI=1S/C11H15N3O/c1-8(7-15)12-11-13-9-5-3-4-6-10(9)14(11)2/h3-6,8,15H,7H2,1-2H3,(H,12,13). The van der Waals surface area contributed by atoms with Crippen LogP contribution in [-0.2, 0) is 7.05 Å². The predicted molar refractivity (Wildman–Crippen MR) is 60.9 cm³/mol. The summed E-state index contributed by atoms with van der Waals surface area (Å²) < 4.78 is 1.99. The van der Waals surface area contributed by atoms with Crippen LogP contribution in [0.2, 0.25) is 0 Å². The highest BCUT2D eigenvalue weighted by atomic mass is 16.3. The van der Waals surface area contributed by atoms with Crippen LogP contribution in [-0.4, -0.2) is 27.3 Å². The van der Waals surface area contributed by atoms with Crippen molar-refractivity contribution >= 4 is 17.0 Å². The molecule has 15 heavy (non-hydrogen) atoms. The average molecular weight is 205 g/mol. The second-order valence-electron chi connectivity index (χ2n) is 3.71. The third kappa shape index (κ3) is 1.80. The molecule has 0 saturated carbocycles. The molecule has 1 atom stereocenters. The number of para-hydroxylation sites is 2. The minimum Gasteiger partial charge on any atom is -0.394 e. The SMILES string of the molecule is CC(CO)Nc1nc2ccccc2n1C. The lowest BCUT2D eigenvalue weighted by atomic mass is 10.3. The van der Waals surface area contributed by atoms with Gasteiger partial charge in [-0.1, -0.05) is 12.1 Å². The van der Waals surface area contributed by atoms with E-state index in [9.17, 15) is 0 Å². The summed E-state index contributed by atoms with van der Waals surface area (Å²) in [6, 6.07) is 7.97. The Bertz CT molecular complexity index is 464. The van der Waals surface area contributed by atoms with E-state index in [1.54, 1.807) is 0 Å². The molecule has 80 valence electrons. The molecule has 2 aromatic rings. The van der Waals surface area contributed by atoms with Crippen molar-refractivity contribution in [2.45, 2.75) is 13.0 Å². The van der Waals surface area contributed by atoms with E-state index in [0.717, 1.165) is 17.0 Å². The fraction of sp³-hybridized carbons (Fsp3) is 0.364. The molecule has 0 spiro atoms. The number of benzene rings is 1. The van der Waals surface area contributed by atoms with Crippen molar-refractivity contribution in [3.05, 3.63) is 24.3 Å². The maximum Gasteiger partial charge on any atom is 0.203 e. The summed E-state index contributed by atoms with van der Waals surface area (Å²) in [7, 11) is 1.96. The number of aliphatic hydroxyl groups is 1. The number of aryl methyl sites for hydroxylation is 1. The molecule has 0 aliphatic rings. The van der Waals surface area contributed by atoms with Gasteiger partial charge in [0.2, 0.25) is 5.95 Å². The first kappa shape index (κ1) is 9.98. The van der Waals surface area contributed by atoms with Crippen molar-refractivity contribution in [1.29, 1.82) is 0 Å². The maximum atomic E-state index is 8.96. The molecule has 1 unspecified atom stereocenters. The van der Waals surface area contributed by atoms with Gasteiger partial charge in [-0.3, -0.25) is 0 Å². The minimum atomic E-state index is 0.0144. The Balaban J connectivity index is 2.40. The number of aromatic nitrogens is 2. The first-order valence-corrected chi connectivity index (χ1v) is 5.01. The summed E-state index contributed by atoms with van der Waals surface area (Å²) in [6.07, 6.45) is 0. The fourth-order valence-electron chi connectivity index (χ4n) is 1.54. The van der Waals surface area contributed by atoms with Crippen LogP contribution in [0.25, 0.3) is 11.0 Å². The van der Waals surface area contributed by atoms with Gasteiger partial charge >= 0.3 is 0 Å². The van der Waals surface area contributed by atoms with Crippen molar-refractivity contribution in [1.82, 2.24) is 9.55 Å². The number of nitrogens with zero attached hydrogens (tertiary/aromatic N) is 2. The van der Waals surface area contributed by atoms with Crippen LogP contribution in [0.15, 0.2) is 24.3 Å². The molecule has 0 saturated heterocycles. The van der Waals surface area contributed by atoms with E-state index in [2.05, 4.69) is 10.3 Å². The van der Waals surface area contributed by atoms with Gasteiger partial charge in [-0.2, -0.15) is 0 Å². The second-order valence-corrected chi connectivity index (χ2v) is 3.71. The second kappa shape index (κ2) is 3.90. The average Bonchev–Trinajstić information content (AvgIpc) is 2.57. The van der Waals surface area contributed by atoms with E-state index >= 15 is 0 Å². The molecule has 0 aliphatic carbocycles. The number of fused-ring (bicyclic) bond motifs is 1. The summed E-state index contributed by atoms with van der Waals surface area (Å²) >= 11 is 0. The highest BCUT2D eigenvalue weighted by Gasteiger charge is 2.08. The third-order valence-corrected chi connectivity index (χ3v) is 2.44. The van der Waals surface area contributed by atoms with Gasteiger partial charge in [0.05, 0.1) is 17.6 Å². The van der Waals surface area contributed by atoms with Gasteiger partial charge in [-0.15, -0.1) is 0 Å². The molecular weight excluding hydrogens is 190 g/mol. The fourth-order valence-corrected chi connectivity index (χ4v) is 1.54. The molecule has 0 aliphatic heterocycles. The zero-order valence-corrected chi connectivity index (χ0v) is 8.94. The Kier molecular flexibility index (Phi) is 2.60. The molecule has 4 heteroatoms. The summed E-state index contributed by atoms with van der Waals surface area (Å²) in [5.74, 6) is 0.790. The number of hydrogen-bond acceptors (Lipinski definition) is 3. The molecule has 2 N–H and O–H groups in total. The molecule has 1 heterocycles. The number of imidazole rings is 1. The van der Waals surface area contributed by atoms with Gasteiger partial charge in [0, 0.05) is 13.1 Å². The molecule has 1 aromatic carbocycles. The van der Waals surface area contributed by atoms with E-state index in [1.165, 1.54) is 0 Å². The Labute approximate surface area is 88.6 Å². The van der Waals surface area contributed by atoms with Gasteiger partial charge in [-0.25, -0.2) is 4.98 Å². The molecular formula is C11H15N3O. The Morgan fingerprint density at radius 3 is 2.87 bits per heavy atom. The first-order valence-electron chi connectivity index (χ1n) is 5.01. The monoisotopic (exact) mass is 205 g/mol. The normalized spacial score (nSPS) is 13.0. The lowest BCUT2D eigenvalue weighted by Crippen LogP contribution is -2.21. The summed E-state index contributed by atoms with van der Waals surface area (Å²) in [6.45, 7) is 2.02. The highest BCUT2D eigenvalue weighted by Crippen LogP contribution is 2.17. The molecule has 1 aromatic heterocycles. The van der Waals surface area contributed by atoms with E-state index in [4.69, 9.17) is 5.11 Å². The van der Waals surface area contributed by atoms with E-state index in [-0.39, 0.29) is 12.6 Å². The number of rotatable bonds is 3. The minimum absolute atomic E-state index is 0.0144. The van der Waals surface area contributed by atoms with Gasteiger partial charge in [0.25, 0.3) is 0 Å². The van der Waals surface area contributed by atoms with Crippen molar-refractivity contribution < 1.29 is 5.11 Å². The Morgan fingerprint density at radius 1 is 1.47 bits per heavy atom. The molecule has 0 amide bonds. The lowest BCUT2D eigenvalue weighted by Gasteiger charge is -2.11. The van der Waals surface area contributed by atoms with Gasteiger partial charge < -0.3 is 15.0 Å². The van der Waals surface area contributed by atoms with Crippen molar-refractivity contribution in [2.24, 2.45) is 7.05 Å². The van der Waals surface area contributed by atoms with Crippen LogP contribution in [0.3, 0.4) is 0 Å². The maximum absolute atomic E-state index is 8.96. The van der Waals surface area contributed by atoms with Crippen molar-refractivity contribution in [2.75, 3.05) is 11.9 Å². The highest BCUT2D eigenvalue weighted by molar-refractivity contribution is 5.78. The number of aliphatic hydroxyl groups excluding tert-OH is 1. The van der Waals surface area contributed by atoms with Crippen LogP contribution in [0.1, 0.15) is 6.92 Å². The van der Waals surface area contributed by atoms with Gasteiger partial charge in [0.1, 0.15) is 0 Å². The van der Waals surface area contributed by atoms with Gasteiger partial charge in [0.15, 0.2) is 0 Å². The van der Waals surface area contributed by atoms with Crippen LogP contribution in [0, 0.1) is 0 Å². The molecule has 2 rings (SSSR count). The molecule has 0 bridgehead atoms. The van der Waals surface area contributed by atoms with E-state index in [1.807, 2.05) is 42.8 Å². The Hall–Kier alpha value is -1.55. The van der Waals surface area contributed by atoms with Crippen LogP contribution >= 0.6 is 0 Å². The summed E-state index contributed by atoms with van der Waals surface area (Å²) in [4.78, 5) is 4.44. The largest absolute Gasteiger partial charge is 0.394 e.